The lowest BCUT2D eigenvalue weighted by molar-refractivity contribution is 0.397. The van der Waals surface area contributed by atoms with Gasteiger partial charge in [-0.05, 0) is 26.2 Å². The summed E-state index contributed by atoms with van der Waals surface area (Å²) in [6.45, 7) is 7.46. The highest BCUT2D eigenvalue weighted by Gasteiger charge is 2.22. The maximum Gasteiger partial charge on any atom is 0.131 e. The normalized spacial score (nSPS) is 18.8. The molecule has 0 fully saturated rings. The zero-order valence-corrected chi connectivity index (χ0v) is 11.8. The van der Waals surface area contributed by atoms with E-state index in [2.05, 4.69) is 30.4 Å². The van der Waals surface area contributed by atoms with Crippen LogP contribution in [0.4, 0.5) is 5.82 Å². The van der Waals surface area contributed by atoms with Gasteiger partial charge in [-0.3, -0.25) is 4.68 Å². The highest BCUT2D eigenvalue weighted by molar-refractivity contribution is 5.70. The first-order chi connectivity index (χ1) is 9.06. The van der Waals surface area contributed by atoms with Crippen molar-refractivity contribution in [3.63, 3.8) is 0 Å². The fraction of sp³-hybridized carbons (Fsp3) is 0.571. The van der Waals surface area contributed by atoms with Crippen LogP contribution in [0.3, 0.4) is 0 Å². The zero-order valence-electron chi connectivity index (χ0n) is 11.8. The Labute approximate surface area is 113 Å². The molecule has 102 valence electrons. The molecule has 0 amide bonds. The summed E-state index contributed by atoms with van der Waals surface area (Å²) in [5.74, 6) is 2.57. The Kier molecular flexibility index (Phi) is 2.84. The van der Waals surface area contributed by atoms with E-state index in [-0.39, 0.29) is 0 Å². The van der Waals surface area contributed by atoms with Crippen LogP contribution >= 0.6 is 0 Å². The SMILES string of the molecule is CC1CCc2nc(-c3cnn(C(C)C)c3)c(N)n2C1. The number of rotatable bonds is 2. The summed E-state index contributed by atoms with van der Waals surface area (Å²) < 4.78 is 4.10. The van der Waals surface area contributed by atoms with Crippen LogP contribution in [0.1, 0.15) is 39.1 Å². The van der Waals surface area contributed by atoms with Crippen molar-refractivity contribution in [2.75, 3.05) is 5.73 Å². The quantitative estimate of drug-likeness (QED) is 0.901. The molecule has 1 unspecified atom stereocenters. The summed E-state index contributed by atoms with van der Waals surface area (Å²) in [5, 5.41) is 4.37. The van der Waals surface area contributed by atoms with Crippen LogP contribution in [0.2, 0.25) is 0 Å². The fourth-order valence-electron chi connectivity index (χ4n) is 2.64. The van der Waals surface area contributed by atoms with Crippen LogP contribution in [-0.2, 0) is 13.0 Å². The summed E-state index contributed by atoms with van der Waals surface area (Å²) in [7, 11) is 0. The van der Waals surface area contributed by atoms with E-state index in [9.17, 15) is 0 Å². The summed E-state index contributed by atoms with van der Waals surface area (Å²) in [4.78, 5) is 4.71. The second kappa shape index (κ2) is 4.40. The molecule has 2 aromatic heterocycles. The van der Waals surface area contributed by atoms with Gasteiger partial charge in [-0.2, -0.15) is 5.10 Å². The van der Waals surface area contributed by atoms with E-state index in [1.165, 1.54) is 6.42 Å². The summed E-state index contributed by atoms with van der Waals surface area (Å²) in [5.41, 5.74) is 8.17. The van der Waals surface area contributed by atoms with Crippen molar-refractivity contribution < 1.29 is 0 Å². The first-order valence-electron chi connectivity index (χ1n) is 6.95. The Morgan fingerprint density at radius 1 is 1.42 bits per heavy atom. The molecule has 5 heteroatoms. The van der Waals surface area contributed by atoms with Crippen molar-refractivity contribution in [1.82, 2.24) is 19.3 Å². The number of nitrogens with two attached hydrogens (primary N) is 1. The van der Waals surface area contributed by atoms with Gasteiger partial charge >= 0.3 is 0 Å². The van der Waals surface area contributed by atoms with E-state index in [1.807, 2.05) is 17.1 Å². The number of nitrogen functional groups attached to an aromatic ring is 1. The third kappa shape index (κ3) is 2.03. The van der Waals surface area contributed by atoms with Gasteiger partial charge in [-0.15, -0.1) is 0 Å². The predicted octanol–water partition coefficient (Wildman–Crippen LogP) is 2.49. The van der Waals surface area contributed by atoms with E-state index in [1.54, 1.807) is 0 Å². The Balaban J connectivity index is 2.01. The molecule has 1 aliphatic rings. The Bertz CT molecular complexity index is 593. The molecule has 0 saturated carbocycles. The molecule has 0 radical (unpaired) electrons. The largest absolute Gasteiger partial charge is 0.383 e. The van der Waals surface area contributed by atoms with Crippen LogP contribution < -0.4 is 5.73 Å². The fourth-order valence-corrected chi connectivity index (χ4v) is 2.64. The molecule has 1 atom stereocenters. The molecule has 5 nitrogen and oxygen atoms in total. The molecule has 1 aliphatic heterocycles. The highest BCUT2D eigenvalue weighted by atomic mass is 15.3. The van der Waals surface area contributed by atoms with Crippen molar-refractivity contribution >= 4 is 5.82 Å². The number of aryl methyl sites for hydroxylation is 1. The molecule has 2 aromatic rings. The number of fused-ring (bicyclic) bond motifs is 1. The molecule has 0 saturated heterocycles. The first kappa shape index (κ1) is 12.3. The van der Waals surface area contributed by atoms with Crippen molar-refractivity contribution in [3.8, 4) is 11.3 Å². The van der Waals surface area contributed by atoms with E-state index >= 15 is 0 Å². The molecule has 0 spiro atoms. The van der Waals surface area contributed by atoms with Gasteiger partial charge in [0.1, 0.15) is 17.3 Å². The van der Waals surface area contributed by atoms with E-state index < -0.39 is 0 Å². The van der Waals surface area contributed by atoms with E-state index in [0.29, 0.717) is 12.0 Å². The van der Waals surface area contributed by atoms with Gasteiger partial charge in [0, 0.05) is 30.8 Å². The summed E-state index contributed by atoms with van der Waals surface area (Å²) >= 11 is 0. The maximum absolute atomic E-state index is 6.27. The minimum absolute atomic E-state index is 0.354. The van der Waals surface area contributed by atoms with Gasteiger partial charge in [0.25, 0.3) is 0 Å². The second-order valence-electron chi connectivity index (χ2n) is 5.82. The average molecular weight is 259 g/mol. The van der Waals surface area contributed by atoms with Crippen molar-refractivity contribution in [3.05, 3.63) is 18.2 Å². The minimum Gasteiger partial charge on any atom is -0.383 e. The lowest BCUT2D eigenvalue weighted by Gasteiger charge is -2.20. The third-order valence-corrected chi connectivity index (χ3v) is 3.84. The van der Waals surface area contributed by atoms with E-state index in [4.69, 9.17) is 10.7 Å². The maximum atomic E-state index is 6.27. The van der Waals surface area contributed by atoms with Crippen LogP contribution in [0.5, 0.6) is 0 Å². The standard InChI is InChI=1S/C14H21N5/c1-9(2)19-8-11(6-16-19)13-14(15)18-7-10(3)4-5-12(18)17-13/h6,8-10H,4-5,7,15H2,1-3H3. The molecule has 2 N–H and O–H groups in total. The van der Waals surface area contributed by atoms with Gasteiger partial charge in [0.15, 0.2) is 0 Å². The van der Waals surface area contributed by atoms with Gasteiger partial charge in [0.05, 0.1) is 6.20 Å². The lowest BCUT2D eigenvalue weighted by Crippen LogP contribution is -2.19. The van der Waals surface area contributed by atoms with Crippen molar-refractivity contribution in [2.24, 2.45) is 5.92 Å². The Morgan fingerprint density at radius 3 is 2.89 bits per heavy atom. The molecular weight excluding hydrogens is 238 g/mol. The first-order valence-corrected chi connectivity index (χ1v) is 6.95. The molecule has 0 aliphatic carbocycles. The van der Waals surface area contributed by atoms with Gasteiger partial charge in [-0.1, -0.05) is 6.92 Å². The van der Waals surface area contributed by atoms with Crippen molar-refractivity contribution in [1.29, 1.82) is 0 Å². The molecule has 0 aromatic carbocycles. The number of hydrogen-bond acceptors (Lipinski definition) is 3. The van der Waals surface area contributed by atoms with Gasteiger partial charge < -0.3 is 10.3 Å². The predicted molar refractivity (Wildman–Crippen MR) is 75.7 cm³/mol. The van der Waals surface area contributed by atoms with Crippen molar-refractivity contribution in [2.45, 2.75) is 46.2 Å². The molecule has 19 heavy (non-hydrogen) atoms. The number of nitrogens with zero attached hydrogens (tertiary/aromatic N) is 4. The Hall–Kier alpha value is -1.78. The molecule has 3 heterocycles. The lowest BCUT2D eigenvalue weighted by atomic mass is 10.0. The van der Waals surface area contributed by atoms with E-state index in [0.717, 1.165) is 35.9 Å². The van der Waals surface area contributed by atoms with Gasteiger partial charge in [0.2, 0.25) is 0 Å². The van der Waals surface area contributed by atoms with Gasteiger partial charge in [-0.25, -0.2) is 4.98 Å². The monoisotopic (exact) mass is 259 g/mol. The Morgan fingerprint density at radius 2 is 2.21 bits per heavy atom. The summed E-state index contributed by atoms with van der Waals surface area (Å²) in [6.07, 6.45) is 6.10. The van der Waals surface area contributed by atoms with Crippen LogP contribution in [0, 0.1) is 5.92 Å². The smallest absolute Gasteiger partial charge is 0.131 e. The van der Waals surface area contributed by atoms with Crippen LogP contribution in [-0.4, -0.2) is 19.3 Å². The molecular formula is C14H21N5. The highest BCUT2D eigenvalue weighted by Crippen LogP contribution is 2.31. The zero-order chi connectivity index (χ0) is 13.6. The third-order valence-electron chi connectivity index (χ3n) is 3.84. The second-order valence-corrected chi connectivity index (χ2v) is 5.82. The molecule has 0 bridgehead atoms. The number of imidazole rings is 1. The number of aromatic nitrogens is 4. The van der Waals surface area contributed by atoms with Crippen LogP contribution in [0.25, 0.3) is 11.3 Å². The number of hydrogen-bond donors (Lipinski definition) is 1. The average Bonchev–Trinajstić information content (AvgIpc) is 2.95. The topological polar surface area (TPSA) is 61.7 Å². The minimum atomic E-state index is 0.354. The summed E-state index contributed by atoms with van der Waals surface area (Å²) in [6, 6.07) is 0.354. The van der Waals surface area contributed by atoms with Crippen LogP contribution in [0.15, 0.2) is 12.4 Å². The molecule has 3 rings (SSSR count). The number of anilines is 1.